The van der Waals surface area contributed by atoms with Gasteiger partial charge >= 0.3 is 12.1 Å². The van der Waals surface area contributed by atoms with Crippen molar-refractivity contribution in [2.75, 3.05) is 12.3 Å². The molecule has 0 aliphatic heterocycles. The second-order valence-corrected chi connectivity index (χ2v) is 13.0. The maximum absolute atomic E-state index is 13.9. The number of amides is 1. The molecule has 33 heavy (non-hydrogen) atoms. The number of hydrogen-bond donors (Lipinski definition) is 1. The molecule has 1 amide bonds. The molecule has 4 saturated carbocycles. The molecular weight excluding hydrogens is 451 g/mol. The lowest BCUT2D eigenvalue weighted by Crippen LogP contribution is -2.65. The molecule has 4 aliphatic rings. The van der Waals surface area contributed by atoms with E-state index in [1.54, 1.807) is 0 Å². The number of hydrogen-bond acceptors (Lipinski definition) is 3. The molecular formula is C25H36F3NO3S. The normalized spacial score (nSPS) is 41.7. The summed E-state index contributed by atoms with van der Waals surface area (Å²) in [6.45, 7) is 8.75. The second-order valence-electron chi connectivity index (χ2n) is 11.2. The Morgan fingerprint density at radius 1 is 1.18 bits per heavy atom. The minimum absolute atomic E-state index is 0.141. The van der Waals surface area contributed by atoms with E-state index in [1.807, 2.05) is 5.32 Å². The number of carbonyl (C=O) groups excluding carboxylic acids is 2. The van der Waals surface area contributed by atoms with Crippen LogP contribution in [-0.4, -0.2) is 39.5 Å². The first kappa shape index (κ1) is 25.1. The molecule has 0 saturated heterocycles. The highest BCUT2D eigenvalue weighted by Crippen LogP contribution is 2.69. The Balaban J connectivity index is 1.53. The van der Waals surface area contributed by atoms with Crippen molar-refractivity contribution in [3.8, 4) is 0 Å². The molecule has 0 heterocycles. The number of rotatable bonds is 5. The zero-order valence-electron chi connectivity index (χ0n) is 19.7. The van der Waals surface area contributed by atoms with Crippen molar-refractivity contribution in [2.45, 2.75) is 89.0 Å². The Bertz CT molecular complexity index is 832. The first-order valence-electron chi connectivity index (χ1n) is 12.3. The lowest BCUT2D eigenvalue weighted by atomic mass is 9.44. The molecule has 8 heteroatoms. The predicted molar refractivity (Wildman–Crippen MR) is 122 cm³/mol. The summed E-state index contributed by atoms with van der Waals surface area (Å²) in [5.74, 6) is -0.155. The highest BCUT2D eigenvalue weighted by atomic mass is 32.2. The molecule has 4 rings (SSSR count). The van der Waals surface area contributed by atoms with Gasteiger partial charge in [0.2, 0.25) is 0 Å². The highest BCUT2D eigenvalue weighted by molar-refractivity contribution is 7.93. The molecule has 0 spiro atoms. The second kappa shape index (κ2) is 8.58. The van der Waals surface area contributed by atoms with Crippen molar-refractivity contribution in [3.05, 3.63) is 12.2 Å². The van der Waals surface area contributed by atoms with Crippen LogP contribution in [0.15, 0.2) is 12.2 Å². The van der Waals surface area contributed by atoms with Gasteiger partial charge < -0.3 is 9.87 Å². The van der Waals surface area contributed by atoms with Crippen LogP contribution in [0, 0.1) is 28.6 Å². The number of Topliss-reactive ketones (excluding diaryl/α,β-unsaturated/α-hetero) is 1. The summed E-state index contributed by atoms with van der Waals surface area (Å²) in [6.07, 6.45) is 3.42. The molecule has 4 nitrogen and oxygen atoms in total. The Hall–Kier alpha value is -1.02. The van der Waals surface area contributed by atoms with Crippen molar-refractivity contribution >= 4 is 22.9 Å². The minimum Gasteiger partial charge on any atom is -0.616 e. The average molecular weight is 488 g/mol. The van der Waals surface area contributed by atoms with Crippen LogP contribution in [0.2, 0.25) is 0 Å². The van der Waals surface area contributed by atoms with Crippen LogP contribution in [0.4, 0.5) is 13.2 Å². The van der Waals surface area contributed by atoms with Crippen molar-refractivity contribution < 1.29 is 27.3 Å². The van der Waals surface area contributed by atoms with Gasteiger partial charge in [0.05, 0.1) is 0 Å². The first-order valence-corrected chi connectivity index (χ1v) is 13.6. The quantitative estimate of drug-likeness (QED) is 0.333. The Morgan fingerprint density at radius 2 is 1.88 bits per heavy atom. The van der Waals surface area contributed by atoms with Crippen LogP contribution in [0.5, 0.6) is 0 Å². The molecule has 0 aromatic heterocycles. The van der Waals surface area contributed by atoms with Crippen LogP contribution >= 0.6 is 0 Å². The minimum atomic E-state index is -4.90. The van der Waals surface area contributed by atoms with E-state index >= 15 is 0 Å². The Kier molecular flexibility index (Phi) is 6.52. The highest BCUT2D eigenvalue weighted by Gasteiger charge is 2.69. The van der Waals surface area contributed by atoms with Gasteiger partial charge in [0, 0.05) is 36.6 Å². The molecule has 2 unspecified atom stereocenters. The van der Waals surface area contributed by atoms with E-state index in [4.69, 9.17) is 0 Å². The number of halogens is 3. The van der Waals surface area contributed by atoms with Gasteiger partial charge in [-0.1, -0.05) is 26.8 Å². The summed E-state index contributed by atoms with van der Waals surface area (Å²) in [7, 11) is 0. The standard InChI is InChI=1S/C25H36F3NO3S/c1-16-15-17-18-7-8-20(30)22(18,2)12-9-19(17)23(3)10-4-5-11-24(16,23)33(32)14-6-13-29-21(31)25(26,27)28/h17-19H,1,4-15H2,2-3H3,(H,29,31)/t17-,18-,19-,22-,23+,24?,33?/m0/s1. The SMILES string of the molecule is C=C1C[C@H]2[C@@H]3CCC(=O)[C@@]3(C)CC[C@@H]2[C@@]2(C)CCCCC12[S+]([O-])CCCNC(=O)C(F)(F)F. The van der Waals surface area contributed by atoms with Crippen LogP contribution in [0.25, 0.3) is 0 Å². The van der Waals surface area contributed by atoms with Gasteiger partial charge in [-0.2, -0.15) is 13.2 Å². The average Bonchev–Trinajstić information content (AvgIpc) is 3.05. The maximum Gasteiger partial charge on any atom is 0.471 e. The first-order chi connectivity index (χ1) is 15.4. The van der Waals surface area contributed by atoms with Crippen molar-refractivity contribution in [3.63, 3.8) is 0 Å². The lowest BCUT2D eigenvalue weighted by Gasteiger charge is -2.64. The molecule has 186 valence electrons. The number of carbonyl (C=O) groups is 2. The van der Waals surface area contributed by atoms with Crippen LogP contribution < -0.4 is 5.32 Å². The zero-order valence-corrected chi connectivity index (χ0v) is 20.5. The molecule has 0 radical (unpaired) electrons. The van der Waals surface area contributed by atoms with E-state index in [0.717, 1.165) is 56.9 Å². The summed E-state index contributed by atoms with van der Waals surface area (Å²) in [4.78, 5) is 23.8. The Labute approximate surface area is 197 Å². The van der Waals surface area contributed by atoms with E-state index in [-0.39, 0.29) is 29.5 Å². The lowest BCUT2D eigenvalue weighted by molar-refractivity contribution is -0.173. The fourth-order valence-electron chi connectivity index (χ4n) is 8.22. The summed E-state index contributed by atoms with van der Waals surface area (Å²) >= 11 is -1.29. The number of nitrogens with one attached hydrogen (secondary N) is 1. The third-order valence-corrected chi connectivity index (χ3v) is 12.2. The van der Waals surface area contributed by atoms with E-state index in [2.05, 4.69) is 20.4 Å². The zero-order chi connectivity index (χ0) is 24.2. The topological polar surface area (TPSA) is 69.2 Å². The predicted octanol–water partition coefficient (Wildman–Crippen LogP) is 5.09. The Morgan fingerprint density at radius 3 is 2.58 bits per heavy atom. The number of ketones is 1. The van der Waals surface area contributed by atoms with Crippen LogP contribution in [-0.2, 0) is 20.8 Å². The number of fused-ring (bicyclic) bond motifs is 5. The molecule has 1 N–H and O–H groups in total. The van der Waals surface area contributed by atoms with Crippen molar-refractivity contribution in [2.24, 2.45) is 28.6 Å². The van der Waals surface area contributed by atoms with Crippen LogP contribution in [0.1, 0.15) is 78.1 Å². The smallest absolute Gasteiger partial charge is 0.471 e. The summed E-state index contributed by atoms with van der Waals surface area (Å²) in [5.41, 5.74) is 0.605. The van der Waals surface area contributed by atoms with E-state index in [1.165, 1.54) is 0 Å². The van der Waals surface area contributed by atoms with E-state index in [9.17, 15) is 27.3 Å². The summed E-state index contributed by atoms with van der Waals surface area (Å²) in [5, 5.41) is 1.90. The van der Waals surface area contributed by atoms with E-state index < -0.39 is 28.0 Å². The van der Waals surface area contributed by atoms with Gasteiger partial charge in [-0.05, 0) is 73.0 Å². The van der Waals surface area contributed by atoms with E-state index in [0.29, 0.717) is 30.0 Å². The fraction of sp³-hybridized carbons (Fsp3) is 0.840. The largest absolute Gasteiger partial charge is 0.616 e. The van der Waals surface area contributed by atoms with Gasteiger partial charge in [0.15, 0.2) is 4.75 Å². The molecule has 0 aromatic carbocycles. The molecule has 7 atom stereocenters. The van der Waals surface area contributed by atoms with Crippen molar-refractivity contribution in [1.29, 1.82) is 0 Å². The van der Waals surface area contributed by atoms with Crippen molar-refractivity contribution in [1.82, 2.24) is 5.32 Å². The molecule has 4 fully saturated rings. The number of alkyl halides is 3. The summed E-state index contributed by atoms with van der Waals surface area (Å²) < 4.78 is 50.7. The monoisotopic (exact) mass is 487 g/mol. The third kappa shape index (κ3) is 3.78. The van der Waals surface area contributed by atoms with Gasteiger partial charge in [0.1, 0.15) is 11.5 Å². The van der Waals surface area contributed by atoms with Gasteiger partial charge in [0.25, 0.3) is 0 Å². The van der Waals surface area contributed by atoms with Gasteiger partial charge in [-0.25, -0.2) is 0 Å². The fourth-order valence-corrected chi connectivity index (χ4v) is 10.5. The van der Waals surface area contributed by atoms with Gasteiger partial charge in [-0.3, -0.25) is 9.59 Å². The van der Waals surface area contributed by atoms with Crippen LogP contribution in [0.3, 0.4) is 0 Å². The molecule has 0 bridgehead atoms. The van der Waals surface area contributed by atoms with Gasteiger partial charge in [-0.15, -0.1) is 0 Å². The third-order valence-electron chi connectivity index (χ3n) is 9.85. The molecule has 4 aliphatic carbocycles. The maximum atomic E-state index is 13.9. The molecule has 0 aromatic rings. The summed E-state index contributed by atoms with van der Waals surface area (Å²) in [6, 6.07) is 0.